The Morgan fingerprint density at radius 1 is 1.03 bits per heavy atom. The van der Waals surface area contributed by atoms with E-state index in [1.807, 2.05) is 43.3 Å². The lowest BCUT2D eigenvalue weighted by molar-refractivity contribution is -0.140. The van der Waals surface area contributed by atoms with Crippen LogP contribution in [-0.2, 0) is 9.53 Å². The fraction of sp³-hybridized carbons (Fsp3) is 0.318. The van der Waals surface area contributed by atoms with Crippen LogP contribution in [0.1, 0.15) is 28.4 Å². The number of esters is 1. The van der Waals surface area contributed by atoms with Gasteiger partial charge in [-0.2, -0.15) is 0 Å². The number of nitrogens with zero attached hydrogens (tertiary/aromatic N) is 1. The monoisotopic (exact) mass is 446 g/mol. The summed E-state index contributed by atoms with van der Waals surface area (Å²) in [5.41, 5.74) is 1.89. The van der Waals surface area contributed by atoms with Crippen LogP contribution in [0, 0.1) is 0 Å². The highest BCUT2D eigenvalue weighted by atomic mass is 35.5. The van der Waals surface area contributed by atoms with Gasteiger partial charge in [-0.15, -0.1) is 0 Å². The van der Waals surface area contributed by atoms with E-state index in [4.69, 9.17) is 11.6 Å². The average Bonchev–Trinajstić information content (AvgIpc) is 2.75. The summed E-state index contributed by atoms with van der Waals surface area (Å²) in [6, 6.07) is 13.5. The molecule has 0 fully saturated rings. The molecule has 0 spiro atoms. The average molecular weight is 447 g/mol. The number of halogens is 1. The predicted molar refractivity (Wildman–Crippen MR) is 120 cm³/mol. The van der Waals surface area contributed by atoms with Gasteiger partial charge in [-0.3, -0.25) is 9.59 Å². The predicted octanol–water partition coefficient (Wildman–Crippen LogP) is 3.06. The number of rotatable bonds is 9. The Kier molecular flexibility index (Phi) is 9.30. The van der Waals surface area contributed by atoms with E-state index in [2.05, 4.69) is 20.7 Å². The van der Waals surface area contributed by atoms with Crippen LogP contribution in [0.15, 0.2) is 48.5 Å². The first-order chi connectivity index (χ1) is 14.8. The number of hydrogen-bond donors (Lipinski definition) is 3. The summed E-state index contributed by atoms with van der Waals surface area (Å²) in [5, 5.41) is 8.86. The Balaban J connectivity index is 1.87. The summed E-state index contributed by atoms with van der Waals surface area (Å²) in [7, 11) is 5.13. The Bertz CT molecular complexity index is 903. The normalized spacial score (nSPS) is 11.5. The zero-order valence-electron chi connectivity index (χ0n) is 17.8. The van der Waals surface area contributed by atoms with Crippen LogP contribution in [0.5, 0.6) is 0 Å². The van der Waals surface area contributed by atoms with Crippen molar-refractivity contribution in [2.75, 3.05) is 39.6 Å². The number of carbonyl (C=O) groups is 3. The maximum Gasteiger partial charge on any atom is 0.319 e. The fourth-order valence-corrected chi connectivity index (χ4v) is 3.13. The maximum absolute atomic E-state index is 12.3. The minimum atomic E-state index is -0.392. The molecule has 2 rings (SSSR count). The van der Waals surface area contributed by atoms with E-state index < -0.39 is 5.97 Å². The number of methoxy groups -OCH3 is 1. The number of hydrogen-bond acceptors (Lipinski definition) is 5. The summed E-state index contributed by atoms with van der Waals surface area (Å²) < 4.78 is 4.52. The van der Waals surface area contributed by atoms with Crippen molar-refractivity contribution in [1.82, 2.24) is 15.5 Å². The maximum atomic E-state index is 12.3. The number of urea groups is 1. The molecule has 1 unspecified atom stereocenters. The van der Waals surface area contributed by atoms with Crippen LogP contribution >= 0.6 is 11.6 Å². The zero-order valence-corrected chi connectivity index (χ0v) is 18.5. The van der Waals surface area contributed by atoms with Gasteiger partial charge in [0, 0.05) is 29.4 Å². The number of nitrogens with one attached hydrogen (secondary N) is 3. The largest absolute Gasteiger partial charge is 0.469 e. The molecule has 9 heteroatoms. The van der Waals surface area contributed by atoms with Crippen molar-refractivity contribution in [3.8, 4) is 0 Å². The van der Waals surface area contributed by atoms with Gasteiger partial charge >= 0.3 is 12.0 Å². The molecule has 2 aromatic carbocycles. The van der Waals surface area contributed by atoms with Crippen molar-refractivity contribution in [1.29, 1.82) is 0 Å². The van der Waals surface area contributed by atoms with Crippen molar-refractivity contribution in [2.45, 2.75) is 12.5 Å². The molecule has 2 aromatic rings. The summed E-state index contributed by atoms with van der Waals surface area (Å²) in [6.45, 7) is 0.551. The van der Waals surface area contributed by atoms with Gasteiger partial charge < -0.3 is 25.6 Å². The van der Waals surface area contributed by atoms with Crippen molar-refractivity contribution >= 4 is 35.2 Å². The van der Waals surface area contributed by atoms with E-state index in [0.29, 0.717) is 22.8 Å². The molecule has 31 heavy (non-hydrogen) atoms. The first-order valence-corrected chi connectivity index (χ1v) is 10.1. The molecule has 1 atom stereocenters. The molecule has 0 aliphatic carbocycles. The highest BCUT2D eigenvalue weighted by molar-refractivity contribution is 6.31. The molecule has 8 nitrogen and oxygen atoms in total. The van der Waals surface area contributed by atoms with Crippen molar-refractivity contribution in [3.63, 3.8) is 0 Å². The van der Waals surface area contributed by atoms with Gasteiger partial charge in [-0.05, 0) is 50.0 Å². The van der Waals surface area contributed by atoms with E-state index in [1.165, 1.54) is 7.11 Å². The van der Waals surface area contributed by atoms with Gasteiger partial charge in [0.25, 0.3) is 5.91 Å². The molecule has 0 heterocycles. The number of carbonyl (C=O) groups excluding carboxylic acids is 3. The van der Waals surface area contributed by atoms with Gasteiger partial charge in [-0.25, -0.2) is 4.79 Å². The molecule has 0 saturated carbocycles. The fourth-order valence-electron chi connectivity index (χ4n) is 2.87. The number of benzene rings is 2. The molecule has 0 radical (unpaired) electrons. The Morgan fingerprint density at radius 2 is 1.71 bits per heavy atom. The Morgan fingerprint density at radius 3 is 2.32 bits per heavy atom. The van der Waals surface area contributed by atoms with Crippen molar-refractivity contribution in [2.24, 2.45) is 0 Å². The summed E-state index contributed by atoms with van der Waals surface area (Å²) in [4.78, 5) is 37.4. The Labute approximate surface area is 186 Å². The van der Waals surface area contributed by atoms with Crippen LogP contribution in [-0.4, -0.2) is 57.1 Å². The highest BCUT2D eigenvalue weighted by Crippen LogP contribution is 2.25. The van der Waals surface area contributed by atoms with E-state index in [0.717, 1.165) is 5.56 Å². The number of ether oxygens (including phenoxy) is 1. The van der Waals surface area contributed by atoms with E-state index in [1.54, 1.807) is 24.3 Å². The van der Waals surface area contributed by atoms with Gasteiger partial charge in [0.2, 0.25) is 0 Å². The minimum absolute atomic E-state index is 0.0875. The third-order valence-corrected chi connectivity index (χ3v) is 4.94. The summed E-state index contributed by atoms with van der Waals surface area (Å²) in [6.07, 6.45) is 0.101. The molecular formula is C22H27ClN4O4. The van der Waals surface area contributed by atoms with E-state index in [9.17, 15) is 14.4 Å². The lowest BCUT2D eigenvalue weighted by Crippen LogP contribution is -2.37. The molecule has 0 bridgehead atoms. The number of likely N-dealkylation sites (N-methyl/N-ethyl adjacent to an activating group) is 1. The van der Waals surface area contributed by atoms with Crippen LogP contribution in [0.2, 0.25) is 5.02 Å². The van der Waals surface area contributed by atoms with Crippen molar-refractivity contribution < 1.29 is 19.1 Å². The quantitative estimate of drug-likeness (QED) is 0.514. The molecule has 0 aliphatic rings. The third kappa shape index (κ3) is 7.58. The lowest BCUT2D eigenvalue weighted by atomic mass is 10.1. The molecule has 0 aromatic heterocycles. The number of anilines is 1. The standard InChI is InChI=1S/C22H27ClN4O4/c1-27(2)19(17-6-4-5-7-18(17)23)14-25-22(30)26-16-10-8-15(9-11-16)21(29)24-13-12-20(28)31-3/h4-11,19H,12-14H2,1-3H3,(H,24,29)(H2,25,26,30). The van der Waals surface area contributed by atoms with Crippen LogP contribution in [0.25, 0.3) is 0 Å². The topological polar surface area (TPSA) is 99.8 Å². The van der Waals surface area contributed by atoms with E-state index >= 15 is 0 Å². The molecule has 3 N–H and O–H groups in total. The van der Waals surface area contributed by atoms with E-state index in [-0.39, 0.29) is 30.9 Å². The first-order valence-electron chi connectivity index (χ1n) is 9.72. The van der Waals surface area contributed by atoms with Crippen LogP contribution in [0.4, 0.5) is 10.5 Å². The van der Waals surface area contributed by atoms with Gasteiger partial charge in [0.05, 0.1) is 19.6 Å². The molecule has 0 saturated heterocycles. The van der Waals surface area contributed by atoms with Gasteiger partial charge in [-0.1, -0.05) is 29.8 Å². The number of amides is 3. The molecular weight excluding hydrogens is 420 g/mol. The highest BCUT2D eigenvalue weighted by Gasteiger charge is 2.18. The SMILES string of the molecule is COC(=O)CCNC(=O)c1ccc(NC(=O)NCC(c2ccccc2Cl)N(C)C)cc1. The van der Waals surface area contributed by atoms with Gasteiger partial charge in [0.1, 0.15) is 0 Å². The van der Waals surface area contributed by atoms with Crippen LogP contribution < -0.4 is 16.0 Å². The second-order valence-electron chi connectivity index (χ2n) is 7.00. The van der Waals surface area contributed by atoms with Crippen molar-refractivity contribution in [3.05, 3.63) is 64.7 Å². The summed E-state index contributed by atoms with van der Waals surface area (Å²) in [5.74, 6) is -0.703. The van der Waals surface area contributed by atoms with Gasteiger partial charge in [0.15, 0.2) is 0 Å². The second kappa shape index (κ2) is 11.9. The first kappa shape index (κ1) is 24.2. The lowest BCUT2D eigenvalue weighted by Gasteiger charge is -2.26. The minimum Gasteiger partial charge on any atom is -0.469 e. The van der Waals surface area contributed by atoms with Crippen LogP contribution in [0.3, 0.4) is 0 Å². The smallest absolute Gasteiger partial charge is 0.319 e. The Hall–Kier alpha value is -3.10. The third-order valence-electron chi connectivity index (χ3n) is 4.59. The molecule has 0 aliphatic heterocycles. The molecule has 3 amide bonds. The second-order valence-corrected chi connectivity index (χ2v) is 7.40. The zero-order chi connectivity index (χ0) is 22.8. The summed E-state index contributed by atoms with van der Waals surface area (Å²) >= 11 is 6.29. The molecule has 166 valence electrons.